The van der Waals surface area contributed by atoms with Crippen molar-refractivity contribution in [3.05, 3.63) is 59.9 Å². The molecule has 2 rings (SSSR count). The molecular formula is C20H24FNO3. The van der Waals surface area contributed by atoms with Crippen molar-refractivity contribution in [2.24, 2.45) is 0 Å². The highest BCUT2D eigenvalue weighted by atomic mass is 19.1. The van der Waals surface area contributed by atoms with Gasteiger partial charge in [-0.2, -0.15) is 0 Å². The monoisotopic (exact) mass is 345 g/mol. The zero-order valence-corrected chi connectivity index (χ0v) is 14.9. The molecule has 0 spiro atoms. The zero-order valence-electron chi connectivity index (χ0n) is 14.9. The first kappa shape index (κ1) is 18.8. The zero-order chi connectivity index (χ0) is 18.2. The third-order valence-electron chi connectivity index (χ3n) is 4.19. The maximum absolute atomic E-state index is 12.8. The number of carbonyl (C=O) groups is 1. The van der Waals surface area contributed by atoms with Crippen molar-refractivity contribution >= 4 is 5.91 Å². The first-order valence-electron chi connectivity index (χ1n) is 8.29. The highest BCUT2D eigenvalue weighted by Gasteiger charge is 2.17. The average Bonchev–Trinajstić information content (AvgIpc) is 2.65. The van der Waals surface area contributed by atoms with Gasteiger partial charge in [-0.15, -0.1) is 0 Å². The Labute approximate surface area is 148 Å². The fraction of sp³-hybridized carbons (Fsp3) is 0.350. The largest absolute Gasteiger partial charge is 0.497 e. The number of ether oxygens (including phenoxy) is 2. The van der Waals surface area contributed by atoms with Crippen molar-refractivity contribution < 1.29 is 18.7 Å². The maximum Gasteiger partial charge on any atom is 0.222 e. The average molecular weight is 345 g/mol. The minimum absolute atomic E-state index is 0.0172. The molecule has 0 radical (unpaired) electrons. The van der Waals surface area contributed by atoms with Gasteiger partial charge in [-0.3, -0.25) is 4.79 Å². The molecule has 0 heterocycles. The van der Waals surface area contributed by atoms with Gasteiger partial charge in [0.1, 0.15) is 17.3 Å². The van der Waals surface area contributed by atoms with E-state index in [1.807, 2.05) is 31.2 Å². The van der Waals surface area contributed by atoms with Gasteiger partial charge in [0.2, 0.25) is 5.91 Å². The van der Waals surface area contributed by atoms with Crippen LogP contribution in [0.4, 0.5) is 4.39 Å². The molecule has 1 atom stereocenters. The molecule has 0 saturated carbocycles. The number of methoxy groups -OCH3 is 1. The van der Waals surface area contributed by atoms with Gasteiger partial charge in [-0.05, 0) is 55.3 Å². The Morgan fingerprint density at radius 1 is 1.08 bits per heavy atom. The topological polar surface area (TPSA) is 38.8 Å². The van der Waals surface area contributed by atoms with Gasteiger partial charge >= 0.3 is 0 Å². The second kappa shape index (κ2) is 9.06. The SMILES string of the molecule is COc1ccc(C(C)N(C)C(=O)CCCOc2ccc(F)cc2)cc1. The molecule has 0 aromatic heterocycles. The number of carbonyl (C=O) groups excluding carboxylic acids is 1. The third kappa shape index (κ3) is 5.48. The van der Waals surface area contributed by atoms with Crippen molar-refractivity contribution in [1.29, 1.82) is 0 Å². The van der Waals surface area contributed by atoms with Crippen molar-refractivity contribution in [2.75, 3.05) is 20.8 Å². The Balaban J connectivity index is 1.77. The normalized spacial score (nSPS) is 11.7. The highest BCUT2D eigenvalue weighted by molar-refractivity contribution is 5.76. The molecule has 0 aliphatic rings. The molecule has 134 valence electrons. The number of benzene rings is 2. The molecule has 0 fully saturated rings. The van der Waals surface area contributed by atoms with Gasteiger partial charge in [0.15, 0.2) is 0 Å². The van der Waals surface area contributed by atoms with E-state index in [0.29, 0.717) is 25.2 Å². The molecular weight excluding hydrogens is 321 g/mol. The van der Waals surface area contributed by atoms with Gasteiger partial charge in [-0.25, -0.2) is 4.39 Å². The van der Waals surface area contributed by atoms with Gasteiger partial charge in [0.05, 0.1) is 19.8 Å². The van der Waals surface area contributed by atoms with Crippen molar-refractivity contribution in [3.63, 3.8) is 0 Å². The molecule has 0 bridgehead atoms. The van der Waals surface area contributed by atoms with E-state index in [-0.39, 0.29) is 17.8 Å². The lowest BCUT2D eigenvalue weighted by Crippen LogP contribution is -2.29. The van der Waals surface area contributed by atoms with Crippen LogP contribution in [0.15, 0.2) is 48.5 Å². The summed E-state index contributed by atoms with van der Waals surface area (Å²) in [5.74, 6) is 1.17. The summed E-state index contributed by atoms with van der Waals surface area (Å²) in [4.78, 5) is 14.1. The van der Waals surface area contributed by atoms with Crippen LogP contribution < -0.4 is 9.47 Å². The summed E-state index contributed by atoms with van der Waals surface area (Å²) in [5.41, 5.74) is 1.05. The first-order chi connectivity index (χ1) is 12.0. The van der Waals surface area contributed by atoms with E-state index in [2.05, 4.69) is 0 Å². The summed E-state index contributed by atoms with van der Waals surface area (Å²) in [5, 5.41) is 0. The summed E-state index contributed by atoms with van der Waals surface area (Å²) in [6, 6.07) is 13.5. The lowest BCUT2D eigenvalue weighted by Gasteiger charge is -2.25. The molecule has 2 aromatic rings. The molecule has 0 saturated heterocycles. The quantitative estimate of drug-likeness (QED) is 0.673. The van der Waals surface area contributed by atoms with Crippen LogP contribution >= 0.6 is 0 Å². The van der Waals surface area contributed by atoms with Crippen LogP contribution in [-0.2, 0) is 4.79 Å². The molecule has 0 aliphatic heterocycles. The molecule has 0 N–H and O–H groups in total. The van der Waals surface area contributed by atoms with Gasteiger partial charge in [0.25, 0.3) is 0 Å². The van der Waals surface area contributed by atoms with Crippen molar-refractivity contribution in [1.82, 2.24) is 4.90 Å². The Morgan fingerprint density at radius 2 is 1.68 bits per heavy atom. The van der Waals surface area contributed by atoms with Gasteiger partial charge in [-0.1, -0.05) is 12.1 Å². The van der Waals surface area contributed by atoms with Crippen LogP contribution in [0.2, 0.25) is 0 Å². The van der Waals surface area contributed by atoms with E-state index in [1.165, 1.54) is 12.1 Å². The summed E-state index contributed by atoms with van der Waals surface area (Å²) < 4.78 is 23.5. The predicted octanol–water partition coefficient (Wildman–Crippen LogP) is 4.21. The smallest absolute Gasteiger partial charge is 0.222 e. The minimum atomic E-state index is -0.295. The fourth-order valence-corrected chi connectivity index (χ4v) is 2.44. The number of halogens is 1. The van der Waals surface area contributed by atoms with Crippen LogP contribution in [0.5, 0.6) is 11.5 Å². The number of rotatable bonds is 8. The van der Waals surface area contributed by atoms with Crippen LogP contribution in [0, 0.1) is 5.82 Å². The lowest BCUT2D eigenvalue weighted by atomic mass is 10.1. The van der Waals surface area contributed by atoms with Gasteiger partial charge in [0, 0.05) is 13.5 Å². The van der Waals surface area contributed by atoms with Crippen molar-refractivity contribution in [2.45, 2.75) is 25.8 Å². The number of hydrogen-bond donors (Lipinski definition) is 0. The van der Waals surface area contributed by atoms with Crippen molar-refractivity contribution in [3.8, 4) is 11.5 Å². The first-order valence-corrected chi connectivity index (χ1v) is 8.29. The highest BCUT2D eigenvalue weighted by Crippen LogP contribution is 2.22. The Morgan fingerprint density at radius 3 is 2.28 bits per heavy atom. The van der Waals surface area contributed by atoms with E-state index in [1.54, 1.807) is 31.2 Å². The van der Waals surface area contributed by atoms with Crippen LogP contribution in [-0.4, -0.2) is 31.6 Å². The van der Waals surface area contributed by atoms with E-state index in [9.17, 15) is 9.18 Å². The Bertz CT molecular complexity index is 670. The van der Waals surface area contributed by atoms with Gasteiger partial charge < -0.3 is 14.4 Å². The molecule has 4 nitrogen and oxygen atoms in total. The molecule has 0 aliphatic carbocycles. The lowest BCUT2D eigenvalue weighted by molar-refractivity contribution is -0.132. The Kier molecular flexibility index (Phi) is 6.81. The second-order valence-electron chi connectivity index (χ2n) is 5.86. The number of amides is 1. The van der Waals surface area contributed by atoms with E-state index in [4.69, 9.17) is 9.47 Å². The number of hydrogen-bond acceptors (Lipinski definition) is 3. The molecule has 1 unspecified atom stereocenters. The molecule has 5 heteroatoms. The molecule has 25 heavy (non-hydrogen) atoms. The predicted molar refractivity (Wildman–Crippen MR) is 95.3 cm³/mol. The molecule has 2 aromatic carbocycles. The third-order valence-corrected chi connectivity index (χ3v) is 4.19. The molecule has 1 amide bonds. The summed E-state index contributed by atoms with van der Waals surface area (Å²) >= 11 is 0. The standard InChI is InChI=1S/C20H24FNO3/c1-15(16-6-10-18(24-3)11-7-16)22(2)20(23)5-4-14-25-19-12-8-17(21)9-13-19/h6-13,15H,4-5,14H2,1-3H3. The van der Waals surface area contributed by atoms with E-state index >= 15 is 0 Å². The second-order valence-corrected chi connectivity index (χ2v) is 5.86. The van der Waals surface area contributed by atoms with Crippen LogP contribution in [0.1, 0.15) is 31.4 Å². The summed E-state index contributed by atoms with van der Waals surface area (Å²) in [7, 11) is 3.43. The van der Waals surface area contributed by atoms with Crippen LogP contribution in [0.25, 0.3) is 0 Å². The van der Waals surface area contributed by atoms with Crippen LogP contribution in [0.3, 0.4) is 0 Å². The Hall–Kier alpha value is -2.56. The van der Waals surface area contributed by atoms with E-state index < -0.39 is 0 Å². The summed E-state index contributed by atoms with van der Waals surface area (Å²) in [6.07, 6.45) is 1.01. The van der Waals surface area contributed by atoms with E-state index in [0.717, 1.165) is 11.3 Å². The number of nitrogens with zero attached hydrogens (tertiary/aromatic N) is 1. The maximum atomic E-state index is 12.8. The minimum Gasteiger partial charge on any atom is -0.497 e. The fourth-order valence-electron chi connectivity index (χ4n) is 2.44. The summed E-state index contributed by atoms with van der Waals surface area (Å²) in [6.45, 7) is 2.41.